The zero-order valence-corrected chi connectivity index (χ0v) is 30.6. The number of ether oxygens (including phenoxy) is 2. The van der Waals surface area contributed by atoms with E-state index in [-0.39, 0.29) is 12.2 Å². The third kappa shape index (κ3) is 9.81. The number of rotatable bonds is 3. The summed E-state index contributed by atoms with van der Waals surface area (Å²) in [5.74, 6) is 0.732. The van der Waals surface area contributed by atoms with E-state index >= 15 is 0 Å². The lowest BCUT2D eigenvalue weighted by Crippen LogP contribution is -2.42. The van der Waals surface area contributed by atoms with E-state index in [1.54, 1.807) is 10.7 Å². The average molecular weight is 719 g/mol. The summed E-state index contributed by atoms with van der Waals surface area (Å²) in [6.07, 6.45) is 9.41. The van der Waals surface area contributed by atoms with Crippen LogP contribution >= 0.6 is 15.9 Å². The quantitative estimate of drug-likeness (QED) is 0.210. The summed E-state index contributed by atoms with van der Waals surface area (Å²) >= 11 is 3.51. The van der Waals surface area contributed by atoms with Gasteiger partial charge in [0, 0.05) is 66.5 Å². The first-order valence-electron chi connectivity index (χ1n) is 16.9. The van der Waals surface area contributed by atoms with E-state index in [0.717, 1.165) is 66.6 Å². The van der Waals surface area contributed by atoms with Crippen LogP contribution in [0.5, 0.6) is 0 Å². The number of piperidine rings is 2. The summed E-state index contributed by atoms with van der Waals surface area (Å²) in [5, 5.41) is 4.25. The monoisotopic (exact) mass is 717 g/mol. The number of nitrogens with zero attached hydrogens (tertiary/aromatic N) is 5. The lowest BCUT2D eigenvalue weighted by Gasteiger charge is -2.34. The van der Waals surface area contributed by atoms with Crippen molar-refractivity contribution in [2.24, 2.45) is 0 Å². The van der Waals surface area contributed by atoms with Crippen LogP contribution in [0.2, 0.25) is 0 Å². The Hall–Kier alpha value is -3.92. The normalized spacial score (nSPS) is 18.6. The number of carbonyl (C=O) groups excluding carboxylic acids is 2. The van der Waals surface area contributed by atoms with Gasteiger partial charge in [0.1, 0.15) is 11.2 Å². The van der Waals surface area contributed by atoms with Crippen molar-refractivity contribution in [3.05, 3.63) is 88.8 Å². The van der Waals surface area contributed by atoms with Gasteiger partial charge in [0.2, 0.25) is 0 Å². The maximum Gasteiger partial charge on any atom is 0.410 e. The second kappa shape index (κ2) is 15.1. The van der Waals surface area contributed by atoms with Crippen LogP contribution in [0.25, 0.3) is 16.8 Å². The Bertz CT molecular complexity index is 1690. The van der Waals surface area contributed by atoms with E-state index < -0.39 is 11.2 Å². The van der Waals surface area contributed by atoms with Crippen LogP contribution < -0.4 is 0 Å². The maximum absolute atomic E-state index is 12.4. The molecule has 0 bridgehead atoms. The minimum atomic E-state index is -0.463. The Morgan fingerprint density at radius 3 is 1.92 bits per heavy atom. The molecule has 6 rings (SSSR count). The highest BCUT2D eigenvalue weighted by Crippen LogP contribution is 2.31. The van der Waals surface area contributed by atoms with Crippen molar-refractivity contribution in [2.75, 3.05) is 26.2 Å². The fourth-order valence-corrected chi connectivity index (χ4v) is 6.57. The molecule has 0 spiro atoms. The fourth-order valence-electron chi connectivity index (χ4n) is 6.15. The number of hydrogen-bond donors (Lipinski definition) is 0. The van der Waals surface area contributed by atoms with Crippen molar-refractivity contribution in [3.63, 3.8) is 0 Å². The lowest BCUT2D eigenvalue weighted by molar-refractivity contribution is 0.0188. The van der Waals surface area contributed by atoms with Crippen LogP contribution in [0.3, 0.4) is 0 Å². The number of hydrogen-bond acceptors (Lipinski definition) is 6. The molecule has 4 aromatic rings. The van der Waals surface area contributed by atoms with Gasteiger partial charge in [0.15, 0.2) is 5.65 Å². The zero-order chi connectivity index (χ0) is 34.5. The molecule has 2 amide bonds. The Morgan fingerprint density at radius 1 is 0.771 bits per heavy atom. The Balaban J connectivity index is 0.000000199. The number of benzene rings is 2. The van der Waals surface area contributed by atoms with Crippen LogP contribution in [0, 0.1) is 0 Å². The van der Waals surface area contributed by atoms with Crippen molar-refractivity contribution < 1.29 is 19.1 Å². The van der Waals surface area contributed by atoms with Gasteiger partial charge in [-0.2, -0.15) is 5.10 Å². The number of carbonyl (C=O) groups is 2. The first-order valence-corrected chi connectivity index (χ1v) is 17.6. The highest BCUT2D eigenvalue weighted by Gasteiger charge is 2.29. The van der Waals surface area contributed by atoms with Crippen LogP contribution in [-0.2, 0) is 9.47 Å². The molecule has 0 radical (unpaired) electrons. The number of halogens is 1. The molecule has 4 heterocycles. The maximum atomic E-state index is 12.4. The van der Waals surface area contributed by atoms with Gasteiger partial charge in [-0.25, -0.2) is 19.1 Å². The third-order valence-electron chi connectivity index (χ3n) is 8.43. The number of amides is 2. The van der Waals surface area contributed by atoms with Gasteiger partial charge in [-0.15, -0.1) is 0 Å². The largest absolute Gasteiger partial charge is 0.444 e. The second-order valence-corrected chi connectivity index (χ2v) is 15.6. The van der Waals surface area contributed by atoms with Crippen LogP contribution in [0.15, 0.2) is 77.7 Å². The molecule has 2 aliphatic rings. The molecule has 0 saturated carbocycles. The summed E-state index contributed by atoms with van der Waals surface area (Å²) in [6.45, 7) is 14.4. The number of aromatic nitrogens is 3. The molecular formula is C38H48BrN5O4. The molecule has 10 heteroatoms. The van der Waals surface area contributed by atoms with Gasteiger partial charge in [-0.05, 0) is 96.0 Å². The Labute approximate surface area is 292 Å². The van der Waals surface area contributed by atoms with Crippen molar-refractivity contribution >= 4 is 33.8 Å². The first kappa shape index (κ1) is 35.4. The van der Waals surface area contributed by atoms with Gasteiger partial charge in [0.25, 0.3) is 0 Å². The van der Waals surface area contributed by atoms with Crippen molar-refractivity contribution in [1.82, 2.24) is 24.4 Å². The molecule has 0 N–H and O–H groups in total. The van der Waals surface area contributed by atoms with Gasteiger partial charge in [-0.3, -0.25) is 0 Å². The van der Waals surface area contributed by atoms with E-state index in [1.807, 2.05) is 81.9 Å². The molecule has 9 nitrogen and oxygen atoms in total. The molecule has 2 fully saturated rings. The SMILES string of the molecule is CC(C)(C)OC(=O)N1CCCC(c2ccc(-c3cnc4ccnn4c3)cc2)C1.CC(C)(C)OC(=O)N1CCCC(c2cccc(Br)c2)C1. The number of fused-ring (bicyclic) bond motifs is 1. The summed E-state index contributed by atoms with van der Waals surface area (Å²) < 4.78 is 13.9. The predicted molar refractivity (Wildman–Crippen MR) is 192 cm³/mol. The minimum absolute atomic E-state index is 0.197. The van der Waals surface area contributed by atoms with E-state index in [9.17, 15) is 9.59 Å². The molecule has 0 aliphatic carbocycles. The van der Waals surface area contributed by atoms with Crippen LogP contribution in [0.1, 0.15) is 90.2 Å². The highest BCUT2D eigenvalue weighted by molar-refractivity contribution is 9.10. The fraction of sp³-hybridized carbons (Fsp3) is 0.474. The molecule has 2 aliphatic heterocycles. The lowest BCUT2D eigenvalue weighted by atomic mass is 9.90. The Kier molecular flexibility index (Phi) is 11.1. The summed E-state index contributed by atoms with van der Waals surface area (Å²) in [6, 6.07) is 18.8. The van der Waals surface area contributed by atoms with E-state index in [1.165, 1.54) is 11.1 Å². The molecule has 2 aromatic carbocycles. The molecule has 2 saturated heterocycles. The van der Waals surface area contributed by atoms with Gasteiger partial charge in [0.05, 0.1) is 6.20 Å². The van der Waals surface area contributed by atoms with Crippen LogP contribution in [-0.4, -0.2) is 74.0 Å². The van der Waals surface area contributed by atoms with Crippen molar-refractivity contribution in [2.45, 2.75) is 90.3 Å². The smallest absolute Gasteiger partial charge is 0.410 e. The summed E-state index contributed by atoms with van der Waals surface area (Å²) in [5.41, 5.74) is 4.62. The van der Waals surface area contributed by atoms with Crippen molar-refractivity contribution in [1.29, 1.82) is 0 Å². The van der Waals surface area contributed by atoms with Gasteiger partial charge < -0.3 is 19.3 Å². The van der Waals surface area contributed by atoms with E-state index in [4.69, 9.17) is 9.47 Å². The molecule has 48 heavy (non-hydrogen) atoms. The molecule has 2 atom stereocenters. The standard InChI is InChI=1S/C22H26N4O2.C16H22BrNO2/c1-22(2,3)28-21(27)25-12-4-5-18(14-25)16-6-8-17(9-7-16)19-13-23-20-10-11-24-26(20)15-19;1-16(2,3)20-15(19)18-9-5-7-13(11-18)12-6-4-8-14(17)10-12/h6-11,13,15,18H,4-5,12,14H2,1-3H3;4,6,8,10,13H,5,7,9,11H2,1-3H3. The topological polar surface area (TPSA) is 89.3 Å². The number of likely N-dealkylation sites (tertiary alicyclic amines) is 2. The molecular weight excluding hydrogens is 670 g/mol. The predicted octanol–water partition coefficient (Wildman–Crippen LogP) is 9.07. The summed E-state index contributed by atoms with van der Waals surface area (Å²) in [4.78, 5) is 32.7. The average Bonchev–Trinajstić information content (AvgIpc) is 3.52. The molecule has 2 unspecified atom stereocenters. The van der Waals surface area contributed by atoms with Gasteiger partial charge in [-0.1, -0.05) is 52.3 Å². The van der Waals surface area contributed by atoms with E-state index in [0.29, 0.717) is 18.4 Å². The first-order chi connectivity index (χ1) is 22.7. The van der Waals surface area contributed by atoms with Gasteiger partial charge >= 0.3 is 12.2 Å². The van der Waals surface area contributed by atoms with E-state index in [2.05, 4.69) is 62.4 Å². The third-order valence-corrected chi connectivity index (χ3v) is 8.92. The second-order valence-electron chi connectivity index (χ2n) is 14.7. The van der Waals surface area contributed by atoms with Crippen molar-refractivity contribution in [3.8, 4) is 11.1 Å². The van der Waals surface area contributed by atoms with Crippen LogP contribution in [0.4, 0.5) is 9.59 Å². The zero-order valence-electron chi connectivity index (χ0n) is 29.0. The Morgan fingerprint density at radius 2 is 1.35 bits per heavy atom. The molecule has 2 aromatic heterocycles. The molecule has 256 valence electrons. The highest BCUT2D eigenvalue weighted by atomic mass is 79.9. The summed E-state index contributed by atoms with van der Waals surface area (Å²) in [7, 11) is 0. The minimum Gasteiger partial charge on any atom is -0.444 e.